The molecule has 104 valence electrons. The summed E-state index contributed by atoms with van der Waals surface area (Å²) >= 11 is 0. The topological polar surface area (TPSA) is 80.9 Å². The van der Waals surface area contributed by atoms with Gasteiger partial charge in [-0.15, -0.1) is 4.74 Å². The number of methoxy groups -OCH3 is 2. The molecule has 1 aliphatic heterocycles. The molecule has 1 N–H and O–H groups in total. The number of ether oxygens (including phenoxy) is 2. The van der Waals surface area contributed by atoms with Gasteiger partial charge in [0.05, 0.1) is 0 Å². The van der Waals surface area contributed by atoms with E-state index in [4.69, 9.17) is 9.47 Å². The highest BCUT2D eigenvalue weighted by Gasteiger charge is 2.65. The molecular weight excluding hydrogens is 250 g/mol. The summed E-state index contributed by atoms with van der Waals surface area (Å²) in [6, 6.07) is 3.30. The maximum Gasteiger partial charge on any atom is 0.492 e. The number of hydrogen-bond acceptors (Lipinski definition) is 6. The van der Waals surface area contributed by atoms with Crippen molar-refractivity contribution >= 4 is 5.71 Å². The van der Waals surface area contributed by atoms with Crippen LogP contribution in [0.2, 0.25) is 0 Å². The monoisotopic (exact) mass is 267 g/mol. The molecule has 0 unspecified atom stereocenters. The van der Waals surface area contributed by atoms with Crippen LogP contribution >= 0.6 is 0 Å². The summed E-state index contributed by atoms with van der Waals surface area (Å²) in [6.45, 7) is 3.36. The lowest BCUT2D eigenvalue weighted by Gasteiger charge is -2.31. The molecule has 0 atom stereocenters. The summed E-state index contributed by atoms with van der Waals surface area (Å²) in [7, 11) is 2.57. The van der Waals surface area contributed by atoms with Crippen molar-refractivity contribution in [1.82, 2.24) is 10.0 Å². The Labute approximate surface area is 111 Å². The lowest BCUT2D eigenvalue weighted by atomic mass is 9.96. The van der Waals surface area contributed by atoms with Crippen molar-refractivity contribution in [3.8, 4) is 0 Å². The number of hydroxylamine groups is 3. The Morgan fingerprint density at radius 3 is 2.37 bits per heavy atom. The van der Waals surface area contributed by atoms with E-state index in [-0.39, 0.29) is 5.71 Å². The highest BCUT2D eigenvalue weighted by Crippen LogP contribution is 2.35. The number of nitrogens with zero attached hydrogens (tertiary/aromatic N) is 3. The average molecular weight is 267 g/mol. The molecule has 0 fully saturated rings. The van der Waals surface area contributed by atoms with Crippen molar-refractivity contribution in [1.29, 1.82) is 0 Å². The quantitative estimate of drug-likeness (QED) is 0.495. The Hall–Kier alpha value is -1.54. The molecule has 2 rings (SSSR count). The normalized spacial score (nSPS) is 21.9. The van der Waals surface area contributed by atoms with Crippen molar-refractivity contribution in [2.75, 3.05) is 14.2 Å². The largest absolute Gasteiger partial charge is 0.618 e. The second-order valence-electron chi connectivity index (χ2n) is 4.69. The van der Waals surface area contributed by atoms with Crippen LogP contribution in [0.4, 0.5) is 0 Å². The fourth-order valence-electron chi connectivity index (χ4n) is 2.27. The smallest absolute Gasteiger partial charge is 0.492 e. The standard InChI is InChI=1S/C12H17N3O4/c1-11(2)10(9-7-5-6-8-13-9)14(16)12(18-3,19-4)15(11)17/h5-8,17H,1-4H3. The predicted molar refractivity (Wildman–Crippen MR) is 66.4 cm³/mol. The van der Waals surface area contributed by atoms with Gasteiger partial charge in [-0.25, -0.2) is 0 Å². The van der Waals surface area contributed by atoms with Crippen LogP contribution in [0.25, 0.3) is 0 Å². The molecule has 0 amide bonds. The van der Waals surface area contributed by atoms with Gasteiger partial charge >= 0.3 is 6.03 Å². The third-order valence-electron chi connectivity index (χ3n) is 3.28. The van der Waals surface area contributed by atoms with Crippen LogP contribution in [-0.4, -0.2) is 51.5 Å². The van der Waals surface area contributed by atoms with Crippen LogP contribution < -0.4 is 0 Å². The number of pyridine rings is 1. The minimum absolute atomic E-state index is 0.263. The fourth-order valence-corrected chi connectivity index (χ4v) is 2.27. The van der Waals surface area contributed by atoms with Crippen molar-refractivity contribution in [3.05, 3.63) is 35.3 Å². The Kier molecular flexibility index (Phi) is 3.31. The molecule has 0 spiro atoms. The summed E-state index contributed by atoms with van der Waals surface area (Å²) in [5.74, 6) is 0. The summed E-state index contributed by atoms with van der Waals surface area (Å²) in [5.41, 5.74) is -0.292. The molecule has 7 nitrogen and oxygen atoms in total. The first-order valence-corrected chi connectivity index (χ1v) is 5.77. The van der Waals surface area contributed by atoms with Crippen molar-refractivity contribution < 1.29 is 19.4 Å². The number of aromatic nitrogens is 1. The second-order valence-corrected chi connectivity index (χ2v) is 4.69. The van der Waals surface area contributed by atoms with Gasteiger partial charge in [-0.1, -0.05) is 11.1 Å². The zero-order chi connectivity index (χ0) is 14.3. The fraction of sp³-hybridized carbons (Fsp3) is 0.500. The van der Waals surface area contributed by atoms with Gasteiger partial charge in [0.1, 0.15) is 11.2 Å². The highest BCUT2D eigenvalue weighted by molar-refractivity contribution is 6.02. The van der Waals surface area contributed by atoms with Gasteiger partial charge < -0.3 is 10.4 Å². The highest BCUT2D eigenvalue weighted by atomic mass is 16.8. The molecule has 1 aromatic heterocycles. The molecule has 2 heterocycles. The molecule has 1 aliphatic rings. The molecule has 0 aliphatic carbocycles. The molecule has 0 bridgehead atoms. The molecule has 1 aromatic rings. The van der Waals surface area contributed by atoms with E-state index in [1.165, 1.54) is 14.2 Å². The first-order valence-electron chi connectivity index (χ1n) is 5.77. The molecule has 19 heavy (non-hydrogen) atoms. The Morgan fingerprint density at radius 1 is 1.32 bits per heavy atom. The summed E-state index contributed by atoms with van der Waals surface area (Å²) in [4.78, 5) is 4.15. The molecular formula is C12H17N3O4. The van der Waals surface area contributed by atoms with Crippen LogP contribution in [0.3, 0.4) is 0 Å². The minimum atomic E-state index is -1.91. The molecule has 0 aromatic carbocycles. The maximum atomic E-state index is 12.5. The van der Waals surface area contributed by atoms with Crippen LogP contribution in [0, 0.1) is 5.21 Å². The van der Waals surface area contributed by atoms with E-state index < -0.39 is 11.6 Å². The summed E-state index contributed by atoms with van der Waals surface area (Å²) < 4.78 is 10.7. The third kappa shape index (κ3) is 1.74. The molecule has 0 radical (unpaired) electrons. The lowest BCUT2D eigenvalue weighted by Crippen LogP contribution is -2.57. The first kappa shape index (κ1) is 13.9. The van der Waals surface area contributed by atoms with Crippen molar-refractivity contribution in [3.63, 3.8) is 0 Å². The van der Waals surface area contributed by atoms with Crippen molar-refractivity contribution in [2.45, 2.75) is 25.4 Å². The van der Waals surface area contributed by atoms with Gasteiger partial charge in [0.25, 0.3) is 0 Å². The Bertz CT molecular complexity index is 497. The number of rotatable bonds is 3. The lowest BCUT2D eigenvalue weighted by molar-refractivity contribution is -0.717. The summed E-state index contributed by atoms with van der Waals surface area (Å²) in [5, 5.41) is 23.5. The van der Waals surface area contributed by atoms with Crippen LogP contribution in [0.15, 0.2) is 24.4 Å². The zero-order valence-electron chi connectivity index (χ0n) is 11.3. The predicted octanol–water partition coefficient (Wildman–Crippen LogP) is 0.768. The van der Waals surface area contributed by atoms with Gasteiger partial charge in [0.15, 0.2) is 0 Å². The number of hydrogen-bond donors (Lipinski definition) is 1. The first-order chi connectivity index (χ1) is 8.91. The zero-order valence-corrected chi connectivity index (χ0v) is 11.3. The molecule has 0 saturated carbocycles. The van der Waals surface area contributed by atoms with Gasteiger partial charge in [0, 0.05) is 20.4 Å². The Balaban J connectivity index is 2.66. The minimum Gasteiger partial charge on any atom is -0.618 e. The molecule has 0 saturated heterocycles. The van der Waals surface area contributed by atoms with Crippen LogP contribution in [0.1, 0.15) is 19.5 Å². The summed E-state index contributed by atoms with van der Waals surface area (Å²) in [6.07, 6.45) is 1.58. The van der Waals surface area contributed by atoms with Gasteiger partial charge in [-0.3, -0.25) is 14.5 Å². The maximum absolute atomic E-state index is 12.5. The van der Waals surface area contributed by atoms with E-state index in [1.54, 1.807) is 38.2 Å². The second kappa shape index (κ2) is 4.53. The van der Waals surface area contributed by atoms with E-state index in [9.17, 15) is 10.4 Å². The van der Waals surface area contributed by atoms with E-state index in [0.29, 0.717) is 10.4 Å². The Morgan fingerprint density at radius 2 is 1.95 bits per heavy atom. The van der Waals surface area contributed by atoms with Gasteiger partial charge in [-0.05, 0) is 26.0 Å². The van der Waals surface area contributed by atoms with Gasteiger partial charge in [-0.2, -0.15) is 0 Å². The SMILES string of the molecule is COC1(OC)N(O)C(C)(C)C(c2ccccn2)=[N+]1[O-]. The van der Waals surface area contributed by atoms with E-state index in [2.05, 4.69) is 4.98 Å². The average Bonchev–Trinajstić information content (AvgIpc) is 2.56. The van der Waals surface area contributed by atoms with E-state index in [0.717, 1.165) is 5.06 Å². The van der Waals surface area contributed by atoms with Crippen molar-refractivity contribution in [2.24, 2.45) is 0 Å². The van der Waals surface area contributed by atoms with E-state index in [1.807, 2.05) is 0 Å². The van der Waals surface area contributed by atoms with Crippen LogP contribution in [-0.2, 0) is 9.47 Å². The van der Waals surface area contributed by atoms with E-state index >= 15 is 0 Å². The van der Waals surface area contributed by atoms with Crippen LogP contribution in [0.5, 0.6) is 0 Å². The van der Waals surface area contributed by atoms with Gasteiger partial charge in [0.2, 0.25) is 5.71 Å². The third-order valence-corrected chi connectivity index (χ3v) is 3.28. The molecule has 7 heteroatoms.